The van der Waals surface area contributed by atoms with Gasteiger partial charge in [0.25, 0.3) is 0 Å². The number of furan rings is 2. The molecule has 1 fully saturated rings. The van der Waals surface area contributed by atoms with Gasteiger partial charge < -0.3 is 19.3 Å². The van der Waals surface area contributed by atoms with Crippen LogP contribution in [0.3, 0.4) is 0 Å². The van der Waals surface area contributed by atoms with Crippen molar-refractivity contribution in [3.8, 4) is 5.75 Å². The van der Waals surface area contributed by atoms with Gasteiger partial charge in [0.2, 0.25) is 0 Å². The van der Waals surface area contributed by atoms with E-state index in [0.717, 1.165) is 58.9 Å². The van der Waals surface area contributed by atoms with Crippen molar-refractivity contribution in [2.45, 2.75) is 37.6 Å². The van der Waals surface area contributed by atoms with E-state index in [-0.39, 0.29) is 5.54 Å². The van der Waals surface area contributed by atoms with Gasteiger partial charge in [-0.1, -0.05) is 19.3 Å². The van der Waals surface area contributed by atoms with Crippen molar-refractivity contribution in [3.05, 3.63) is 30.2 Å². The third kappa shape index (κ3) is 1.72. The summed E-state index contributed by atoms with van der Waals surface area (Å²) in [5.74, 6) is 0.724. The second kappa shape index (κ2) is 4.53. The van der Waals surface area contributed by atoms with Crippen LogP contribution in [-0.2, 0) is 5.54 Å². The molecule has 1 aliphatic carbocycles. The van der Waals surface area contributed by atoms with Crippen LogP contribution >= 0.6 is 0 Å². The highest BCUT2D eigenvalue weighted by atomic mass is 16.5. The Balaban J connectivity index is 2.10. The average Bonchev–Trinajstić information content (AvgIpc) is 3.13. The van der Waals surface area contributed by atoms with Crippen LogP contribution in [0.2, 0.25) is 0 Å². The number of methoxy groups -OCH3 is 1. The molecule has 4 heteroatoms. The van der Waals surface area contributed by atoms with Gasteiger partial charge in [0.05, 0.1) is 25.0 Å². The lowest BCUT2D eigenvalue weighted by Gasteiger charge is -2.34. The summed E-state index contributed by atoms with van der Waals surface area (Å²) in [6.07, 6.45) is 8.92. The summed E-state index contributed by atoms with van der Waals surface area (Å²) < 4.78 is 17.0. The summed E-state index contributed by atoms with van der Waals surface area (Å²) in [5, 5.41) is 1.95. The predicted molar refractivity (Wildman–Crippen MR) is 81.5 cm³/mol. The molecule has 1 aromatic carbocycles. The summed E-state index contributed by atoms with van der Waals surface area (Å²) in [6.45, 7) is 0. The van der Waals surface area contributed by atoms with E-state index < -0.39 is 0 Å². The largest absolute Gasteiger partial charge is 0.492 e. The van der Waals surface area contributed by atoms with E-state index in [0.29, 0.717) is 0 Å². The van der Waals surface area contributed by atoms with Crippen molar-refractivity contribution in [1.82, 2.24) is 0 Å². The Morgan fingerprint density at radius 3 is 2.38 bits per heavy atom. The minimum absolute atomic E-state index is 0.344. The molecule has 2 aromatic heterocycles. The van der Waals surface area contributed by atoms with Gasteiger partial charge in [0, 0.05) is 16.5 Å². The van der Waals surface area contributed by atoms with Gasteiger partial charge >= 0.3 is 0 Å². The lowest BCUT2D eigenvalue weighted by molar-refractivity contribution is 0.304. The van der Waals surface area contributed by atoms with Crippen LogP contribution in [0.5, 0.6) is 5.75 Å². The molecule has 4 rings (SSSR count). The van der Waals surface area contributed by atoms with E-state index in [9.17, 15) is 0 Å². The molecular weight excluding hydrogens is 266 g/mol. The van der Waals surface area contributed by atoms with Crippen molar-refractivity contribution in [1.29, 1.82) is 0 Å². The van der Waals surface area contributed by atoms with Crippen LogP contribution in [0.15, 0.2) is 33.5 Å². The van der Waals surface area contributed by atoms with E-state index in [1.807, 2.05) is 12.1 Å². The Kier molecular flexibility index (Phi) is 2.76. The second-order valence-electron chi connectivity index (χ2n) is 5.95. The highest BCUT2D eigenvalue weighted by Crippen LogP contribution is 2.46. The van der Waals surface area contributed by atoms with Gasteiger partial charge in [-0.25, -0.2) is 0 Å². The van der Waals surface area contributed by atoms with Gasteiger partial charge in [-0.3, -0.25) is 0 Å². The van der Waals surface area contributed by atoms with Gasteiger partial charge in [0.1, 0.15) is 5.58 Å². The number of fused-ring (bicyclic) bond motifs is 2. The lowest BCUT2D eigenvalue weighted by atomic mass is 9.76. The minimum Gasteiger partial charge on any atom is -0.492 e. The van der Waals surface area contributed by atoms with Crippen molar-refractivity contribution < 1.29 is 13.6 Å². The highest BCUT2D eigenvalue weighted by molar-refractivity contribution is 6.05. The Bertz CT molecular complexity index is 741. The summed E-state index contributed by atoms with van der Waals surface area (Å²) in [5.41, 5.74) is 9.11. The fourth-order valence-corrected chi connectivity index (χ4v) is 3.74. The van der Waals surface area contributed by atoms with Gasteiger partial charge in [-0.2, -0.15) is 0 Å². The van der Waals surface area contributed by atoms with Crippen molar-refractivity contribution in [2.24, 2.45) is 5.73 Å². The molecule has 1 aliphatic rings. The molecule has 0 spiro atoms. The summed E-state index contributed by atoms with van der Waals surface area (Å²) >= 11 is 0. The molecule has 0 unspecified atom stereocenters. The van der Waals surface area contributed by atoms with E-state index in [1.165, 1.54) is 6.42 Å². The monoisotopic (exact) mass is 285 g/mol. The van der Waals surface area contributed by atoms with Crippen LogP contribution in [0.1, 0.15) is 37.7 Å². The maximum Gasteiger partial charge on any atom is 0.176 e. The van der Waals surface area contributed by atoms with Crippen LogP contribution < -0.4 is 10.5 Å². The molecular formula is C17H19NO3. The van der Waals surface area contributed by atoms with E-state index in [4.69, 9.17) is 19.3 Å². The molecule has 0 saturated heterocycles. The quantitative estimate of drug-likeness (QED) is 0.762. The molecule has 110 valence electrons. The average molecular weight is 285 g/mol. The van der Waals surface area contributed by atoms with Gasteiger partial charge in [0.15, 0.2) is 11.3 Å². The zero-order valence-electron chi connectivity index (χ0n) is 12.1. The number of ether oxygens (including phenoxy) is 1. The second-order valence-corrected chi connectivity index (χ2v) is 5.95. The number of hydrogen-bond acceptors (Lipinski definition) is 4. The molecule has 4 nitrogen and oxygen atoms in total. The predicted octanol–water partition coefficient (Wildman–Crippen LogP) is 4.31. The van der Waals surface area contributed by atoms with E-state index >= 15 is 0 Å². The van der Waals surface area contributed by atoms with Gasteiger partial charge in [-0.15, -0.1) is 0 Å². The molecule has 0 aliphatic heterocycles. The smallest absolute Gasteiger partial charge is 0.176 e. The lowest BCUT2D eigenvalue weighted by Crippen LogP contribution is -2.38. The molecule has 0 bridgehead atoms. The third-order valence-electron chi connectivity index (χ3n) is 4.73. The van der Waals surface area contributed by atoms with E-state index in [2.05, 4.69) is 0 Å². The molecule has 2 N–H and O–H groups in total. The molecule has 0 amide bonds. The minimum atomic E-state index is -0.344. The van der Waals surface area contributed by atoms with Gasteiger partial charge in [-0.05, 0) is 25.0 Å². The first-order chi connectivity index (χ1) is 10.2. The molecule has 0 atom stereocenters. The number of benzene rings is 1. The summed E-state index contributed by atoms with van der Waals surface area (Å²) in [7, 11) is 1.65. The first kappa shape index (κ1) is 12.8. The molecule has 2 heterocycles. The highest BCUT2D eigenvalue weighted by Gasteiger charge is 2.35. The molecule has 21 heavy (non-hydrogen) atoms. The van der Waals surface area contributed by atoms with Crippen molar-refractivity contribution in [2.75, 3.05) is 7.11 Å². The van der Waals surface area contributed by atoms with Crippen molar-refractivity contribution in [3.63, 3.8) is 0 Å². The van der Waals surface area contributed by atoms with Crippen LogP contribution in [0.25, 0.3) is 21.9 Å². The number of nitrogens with two attached hydrogens (primary N) is 1. The Labute approximate surface area is 122 Å². The topological polar surface area (TPSA) is 61.5 Å². The normalized spacial score (nSPS) is 18.4. The van der Waals surface area contributed by atoms with E-state index in [1.54, 1.807) is 19.6 Å². The molecule has 0 radical (unpaired) electrons. The fourth-order valence-electron chi connectivity index (χ4n) is 3.74. The molecule has 1 saturated carbocycles. The third-order valence-corrected chi connectivity index (χ3v) is 4.73. The van der Waals surface area contributed by atoms with Crippen molar-refractivity contribution >= 4 is 21.9 Å². The summed E-state index contributed by atoms with van der Waals surface area (Å²) in [6, 6.07) is 3.89. The first-order valence-corrected chi connectivity index (χ1v) is 7.48. The number of rotatable bonds is 2. The molecule has 3 aromatic rings. The zero-order chi connectivity index (χ0) is 14.4. The van der Waals surface area contributed by atoms with Crippen LogP contribution in [-0.4, -0.2) is 7.11 Å². The fraction of sp³-hybridized carbons (Fsp3) is 0.412. The first-order valence-electron chi connectivity index (χ1n) is 7.48. The maximum absolute atomic E-state index is 6.78. The Hall–Kier alpha value is -1.94. The van der Waals surface area contributed by atoms with Crippen LogP contribution in [0.4, 0.5) is 0 Å². The van der Waals surface area contributed by atoms with Crippen LogP contribution in [0, 0.1) is 0 Å². The zero-order valence-corrected chi connectivity index (χ0v) is 12.1. The maximum atomic E-state index is 6.78. The Morgan fingerprint density at radius 2 is 1.67 bits per heavy atom. The standard InChI is InChI=1S/C17H19NO3/c1-19-15-12-6-10-20-14(12)13(11-5-9-21-16(11)15)17(18)7-3-2-4-8-17/h5-6,9-10H,2-4,7-8,18H2,1H3. The number of hydrogen-bond donors (Lipinski definition) is 1. The Morgan fingerprint density at radius 1 is 1.00 bits per heavy atom. The summed E-state index contributed by atoms with van der Waals surface area (Å²) in [4.78, 5) is 0. The SMILES string of the molecule is COc1c2ccoc2c(C2(N)CCCCC2)c2ccoc12.